The summed E-state index contributed by atoms with van der Waals surface area (Å²) < 4.78 is 18.5. The molecule has 0 saturated heterocycles. The SMILES string of the molecule is O=C(COC(=O)C(Cc1c[nH]c2ccccc12)NC(=O)c1ccc(F)cc1)Nc1c(Cl)cccc1Cl. The molecule has 0 aliphatic heterocycles. The Morgan fingerprint density at radius 1 is 0.944 bits per heavy atom. The summed E-state index contributed by atoms with van der Waals surface area (Å²) in [6.07, 6.45) is 1.83. The Kier molecular flexibility index (Phi) is 7.87. The van der Waals surface area contributed by atoms with E-state index in [0.717, 1.165) is 28.6 Å². The number of nitrogens with one attached hydrogen (secondary N) is 3. The van der Waals surface area contributed by atoms with E-state index in [1.807, 2.05) is 24.3 Å². The fourth-order valence-corrected chi connectivity index (χ4v) is 4.08. The number of hydrogen-bond donors (Lipinski definition) is 3. The molecule has 10 heteroatoms. The molecule has 2 amide bonds. The van der Waals surface area contributed by atoms with Gasteiger partial charge in [0.1, 0.15) is 11.9 Å². The number of H-pyrrole nitrogens is 1. The van der Waals surface area contributed by atoms with Crippen LogP contribution in [-0.4, -0.2) is 35.4 Å². The van der Waals surface area contributed by atoms with Crippen molar-refractivity contribution in [2.45, 2.75) is 12.5 Å². The maximum absolute atomic E-state index is 13.3. The molecule has 0 spiro atoms. The van der Waals surface area contributed by atoms with E-state index in [1.54, 1.807) is 24.4 Å². The minimum absolute atomic E-state index is 0.0910. The van der Waals surface area contributed by atoms with Crippen LogP contribution in [0.5, 0.6) is 0 Å². The Bertz CT molecular complexity index is 1400. The highest BCUT2D eigenvalue weighted by molar-refractivity contribution is 6.39. The molecule has 1 heterocycles. The van der Waals surface area contributed by atoms with Gasteiger partial charge in [-0.05, 0) is 48.0 Å². The number of aromatic amines is 1. The molecule has 7 nitrogen and oxygen atoms in total. The van der Waals surface area contributed by atoms with Gasteiger partial charge in [0.2, 0.25) is 0 Å². The van der Waals surface area contributed by atoms with Gasteiger partial charge >= 0.3 is 5.97 Å². The Labute approximate surface area is 215 Å². The zero-order chi connectivity index (χ0) is 25.7. The Morgan fingerprint density at radius 3 is 2.36 bits per heavy atom. The fourth-order valence-electron chi connectivity index (χ4n) is 3.59. The molecule has 1 aromatic heterocycles. The van der Waals surface area contributed by atoms with Gasteiger partial charge in [-0.15, -0.1) is 0 Å². The summed E-state index contributed by atoms with van der Waals surface area (Å²) in [5.41, 5.74) is 1.99. The molecule has 0 aliphatic carbocycles. The molecule has 3 N–H and O–H groups in total. The number of esters is 1. The average molecular weight is 528 g/mol. The van der Waals surface area contributed by atoms with E-state index < -0.39 is 36.2 Å². The first-order chi connectivity index (χ1) is 17.3. The molecule has 4 rings (SSSR count). The second-order valence-corrected chi connectivity index (χ2v) is 8.66. The number of ether oxygens (including phenoxy) is 1. The van der Waals surface area contributed by atoms with Gasteiger partial charge in [-0.2, -0.15) is 0 Å². The molecule has 36 heavy (non-hydrogen) atoms. The number of amides is 2. The van der Waals surface area contributed by atoms with Crippen molar-refractivity contribution in [2.75, 3.05) is 11.9 Å². The summed E-state index contributed by atoms with van der Waals surface area (Å²) in [7, 11) is 0. The van der Waals surface area contributed by atoms with Crippen molar-refractivity contribution in [1.29, 1.82) is 0 Å². The number of fused-ring (bicyclic) bond motifs is 1. The molecule has 0 saturated carbocycles. The van der Waals surface area contributed by atoms with E-state index >= 15 is 0 Å². The van der Waals surface area contributed by atoms with Crippen molar-refractivity contribution in [3.8, 4) is 0 Å². The van der Waals surface area contributed by atoms with Crippen LogP contribution in [0.2, 0.25) is 10.0 Å². The van der Waals surface area contributed by atoms with E-state index in [2.05, 4.69) is 15.6 Å². The van der Waals surface area contributed by atoms with Gasteiger partial charge in [0.05, 0.1) is 15.7 Å². The summed E-state index contributed by atoms with van der Waals surface area (Å²) in [5, 5.41) is 6.46. The smallest absolute Gasteiger partial charge is 0.329 e. The van der Waals surface area contributed by atoms with Crippen LogP contribution in [0, 0.1) is 5.82 Å². The van der Waals surface area contributed by atoms with Crippen molar-refractivity contribution >= 4 is 57.6 Å². The maximum atomic E-state index is 13.3. The lowest BCUT2D eigenvalue weighted by molar-refractivity contribution is -0.149. The van der Waals surface area contributed by atoms with E-state index in [4.69, 9.17) is 27.9 Å². The van der Waals surface area contributed by atoms with Crippen LogP contribution in [0.25, 0.3) is 10.9 Å². The largest absolute Gasteiger partial charge is 0.454 e. The summed E-state index contributed by atoms with van der Waals surface area (Å²) in [4.78, 5) is 41.2. The van der Waals surface area contributed by atoms with Gasteiger partial charge in [0.15, 0.2) is 6.61 Å². The maximum Gasteiger partial charge on any atom is 0.329 e. The number of halogens is 3. The molecular formula is C26H20Cl2FN3O4. The molecule has 0 bridgehead atoms. The second-order valence-electron chi connectivity index (χ2n) is 7.85. The number of benzene rings is 3. The summed E-state index contributed by atoms with van der Waals surface area (Å²) >= 11 is 12.1. The van der Waals surface area contributed by atoms with Crippen LogP contribution in [0.3, 0.4) is 0 Å². The first-order valence-electron chi connectivity index (χ1n) is 10.8. The number of carbonyl (C=O) groups is 3. The van der Waals surface area contributed by atoms with Gasteiger partial charge in [-0.25, -0.2) is 9.18 Å². The van der Waals surface area contributed by atoms with Gasteiger partial charge in [0.25, 0.3) is 11.8 Å². The molecule has 4 aromatic rings. The van der Waals surface area contributed by atoms with Gasteiger partial charge in [0, 0.05) is 29.1 Å². The van der Waals surface area contributed by atoms with Crippen LogP contribution >= 0.6 is 23.2 Å². The lowest BCUT2D eigenvalue weighted by atomic mass is 10.0. The van der Waals surface area contributed by atoms with Gasteiger partial charge in [-0.3, -0.25) is 9.59 Å². The highest BCUT2D eigenvalue weighted by atomic mass is 35.5. The van der Waals surface area contributed by atoms with Crippen molar-refractivity contribution in [3.63, 3.8) is 0 Å². The first kappa shape index (κ1) is 25.2. The normalized spacial score (nSPS) is 11.6. The molecule has 3 aromatic carbocycles. The standard InChI is InChI=1S/C26H20Cl2FN3O4/c27-19-5-3-6-20(28)24(19)32-23(33)14-36-26(35)22(31-25(34)15-8-10-17(29)11-9-15)12-16-13-30-21-7-2-1-4-18(16)21/h1-11,13,22,30H,12,14H2,(H,31,34)(H,32,33). The van der Waals surface area contributed by atoms with Crippen LogP contribution in [0.1, 0.15) is 15.9 Å². The molecular weight excluding hydrogens is 508 g/mol. The first-order valence-corrected chi connectivity index (χ1v) is 11.6. The lowest BCUT2D eigenvalue weighted by Crippen LogP contribution is -2.44. The van der Waals surface area contributed by atoms with Crippen LogP contribution in [0.15, 0.2) is 72.9 Å². The zero-order valence-corrected chi connectivity index (χ0v) is 20.2. The summed E-state index contributed by atoms with van der Waals surface area (Å²) in [6, 6.07) is 16.0. The number of hydrogen-bond acceptors (Lipinski definition) is 4. The highest BCUT2D eigenvalue weighted by Crippen LogP contribution is 2.29. The van der Waals surface area contributed by atoms with Crippen molar-refractivity contribution in [1.82, 2.24) is 10.3 Å². The zero-order valence-electron chi connectivity index (χ0n) is 18.7. The quantitative estimate of drug-likeness (QED) is 0.276. The van der Waals surface area contributed by atoms with Gasteiger partial charge < -0.3 is 20.4 Å². The Morgan fingerprint density at radius 2 is 1.64 bits per heavy atom. The van der Waals surface area contributed by atoms with E-state index in [0.29, 0.717) is 0 Å². The third-order valence-corrected chi connectivity index (χ3v) is 6.00. The van der Waals surface area contributed by atoms with Crippen molar-refractivity contribution < 1.29 is 23.5 Å². The van der Waals surface area contributed by atoms with Crippen LogP contribution < -0.4 is 10.6 Å². The average Bonchev–Trinajstić information content (AvgIpc) is 3.27. The van der Waals surface area contributed by atoms with Crippen LogP contribution in [-0.2, 0) is 20.7 Å². The third-order valence-electron chi connectivity index (χ3n) is 5.37. The highest BCUT2D eigenvalue weighted by Gasteiger charge is 2.25. The summed E-state index contributed by atoms with van der Waals surface area (Å²) in [5.74, 6) is -2.57. The Balaban J connectivity index is 1.48. The monoisotopic (exact) mass is 527 g/mol. The molecule has 0 radical (unpaired) electrons. The molecule has 1 unspecified atom stereocenters. The topological polar surface area (TPSA) is 100 Å². The fraction of sp³-hybridized carbons (Fsp3) is 0.115. The third kappa shape index (κ3) is 6.02. The van der Waals surface area contributed by atoms with Crippen LogP contribution in [0.4, 0.5) is 10.1 Å². The lowest BCUT2D eigenvalue weighted by Gasteiger charge is -2.18. The summed E-state index contributed by atoms with van der Waals surface area (Å²) in [6.45, 7) is -0.628. The number of rotatable bonds is 8. The Hall–Kier alpha value is -3.88. The van der Waals surface area contributed by atoms with Crippen molar-refractivity contribution in [2.24, 2.45) is 0 Å². The van der Waals surface area contributed by atoms with E-state index in [1.165, 1.54) is 12.1 Å². The van der Waals surface area contributed by atoms with E-state index in [9.17, 15) is 18.8 Å². The van der Waals surface area contributed by atoms with Gasteiger partial charge in [-0.1, -0.05) is 47.5 Å². The predicted molar refractivity (Wildman–Crippen MR) is 136 cm³/mol. The van der Waals surface area contributed by atoms with Crippen molar-refractivity contribution in [3.05, 3.63) is 99.9 Å². The minimum Gasteiger partial charge on any atom is -0.454 e. The van der Waals surface area contributed by atoms with E-state index in [-0.39, 0.29) is 27.7 Å². The predicted octanol–water partition coefficient (Wildman–Crippen LogP) is 5.14. The molecule has 0 fully saturated rings. The number of carbonyl (C=O) groups excluding carboxylic acids is 3. The number of anilines is 1. The number of aromatic nitrogens is 1. The molecule has 1 atom stereocenters. The molecule has 0 aliphatic rings. The molecule has 184 valence electrons. The number of para-hydroxylation sites is 2. The second kappa shape index (κ2) is 11.2. The minimum atomic E-state index is -1.13.